The highest BCUT2D eigenvalue weighted by Crippen LogP contribution is 1.61. The number of hydrazine groups is 2. The lowest BCUT2D eigenvalue weighted by Gasteiger charge is -2.08. The number of nitrogens with two attached hydrogens (primary N) is 1. The minimum Gasteiger partial charge on any atom is -0.312 e. The van der Waals surface area contributed by atoms with Crippen molar-refractivity contribution in [2.24, 2.45) is 5.84 Å². The van der Waals surface area contributed by atoms with Gasteiger partial charge in [-0.25, -0.2) is 5.01 Å². The molecule has 0 aromatic rings. The molecule has 0 saturated carbocycles. The molecule has 0 amide bonds. The normalized spacial score (nSPS) is 9.57. The van der Waals surface area contributed by atoms with E-state index in [1.54, 1.807) is 12.1 Å². The first-order chi connectivity index (χ1) is 3.31. The number of hydrogen-bond donors (Lipinski definition) is 3. The van der Waals surface area contributed by atoms with Crippen molar-refractivity contribution in [3.8, 4) is 0 Å². The van der Waals surface area contributed by atoms with Gasteiger partial charge in [0, 0.05) is 19.8 Å². The maximum absolute atomic E-state index is 6.57. The van der Waals surface area contributed by atoms with Crippen LogP contribution in [0.4, 0.5) is 0 Å². The molecule has 0 aliphatic heterocycles. The van der Waals surface area contributed by atoms with Crippen LogP contribution >= 0.6 is 0 Å². The number of nitrogens with one attached hydrogen (secondary N) is 2. The van der Waals surface area contributed by atoms with Gasteiger partial charge in [0.2, 0.25) is 0 Å². The Morgan fingerprint density at radius 1 is 2.00 bits per heavy atom. The Morgan fingerprint density at radius 2 is 2.57 bits per heavy atom. The Kier molecular flexibility index (Phi) is 3.49. The molecule has 4 N–H and O–H groups in total. The van der Waals surface area contributed by atoms with Crippen molar-refractivity contribution >= 4 is 6.21 Å². The molecule has 0 radical (unpaired) electrons. The maximum Gasteiger partial charge on any atom is 0.0488 e. The monoisotopic (exact) mass is 102 g/mol. The van der Waals surface area contributed by atoms with E-state index in [1.165, 1.54) is 6.21 Å². The Bertz CT molecular complexity index is 52.9. The van der Waals surface area contributed by atoms with Gasteiger partial charge in [0.15, 0.2) is 0 Å². The smallest absolute Gasteiger partial charge is 0.0488 e. The van der Waals surface area contributed by atoms with Crippen LogP contribution in [0.25, 0.3) is 0 Å². The third kappa shape index (κ3) is 3.38. The average Bonchev–Trinajstić information content (AvgIpc) is 1.68. The second-order valence-corrected chi connectivity index (χ2v) is 1.21. The van der Waals surface area contributed by atoms with E-state index in [2.05, 4.69) is 5.53 Å². The Morgan fingerprint density at radius 3 is 2.71 bits per heavy atom. The number of hydrogen-bond acceptors (Lipinski definition) is 4. The molecular weight excluding hydrogens is 92.1 g/mol. The van der Waals surface area contributed by atoms with Crippen molar-refractivity contribution in [1.29, 1.82) is 5.41 Å². The quantitative estimate of drug-likeness (QED) is 0.242. The minimum atomic E-state index is 0.538. The van der Waals surface area contributed by atoms with Crippen LogP contribution in [0, 0.1) is 5.41 Å². The van der Waals surface area contributed by atoms with E-state index in [4.69, 9.17) is 11.3 Å². The van der Waals surface area contributed by atoms with Gasteiger partial charge in [0.1, 0.15) is 0 Å². The topological polar surface area (TPSA) is 65.1 Å². The molecule has 0 aromatic heterocycles. The summed E-state index contributed by atoms with van der Waals surface area (Å²) in [6, 6.07) is 0. The summed E-state index contributed by atoms with van der Waals surface area (Å²) in [6.45, 7) is 0.538. The van der Waals surface area contributed by atoms with Crippen molar-refractivity contribution in [2.75, 3.05) is 13.6 Å². The highest BCUT2D eigenvalue weighted by Gasteiger charge is 1.83. The average molecular weight is 102 g/mol. The van der Waals surface area contributed by atoms with E-state index in [9.17, 15) is 0 Å². The molecule has 4 heteroatoms. The van der Waals surface area contributed by atoms with Gasteiger partial charge in [-0.1, -0.05) is 0 Å². The van der Waals surface area contributed by atoms with Gasteiger partial charge in [0.25, 0.3) is 0 Å². The highest BCUT2D eigenvalue weighted by atomic mass is 15.6. The molecule has 0 unspecified atom stereocenters. The van der Waals surface area contributed by atoms with Crippen molar-refractivity contribution in [1.82, 2.24) is 10.5 Å². The molecule has 0 rings (SSSR count). The second kappa shape index (κ2) is 3.73. The van der Waals surface area contributed by atoms with Gasteiger partial charge in [-0.05, 0) is 0 Å². The molecule has 0 bridgehead atoms. The Labute approximate surface area is 42.7 Å². The van der Waals surface area contributed by atoms with E-state index in [0.29, 0.717) is 6.54 Å². The van der Waals surface area contributed by atoms with Gasteiger partial charge in [-0.3, -0.25) is 5.84 Å². The standard InChI is InChI=1S/C3H10N4/c1-7(6-5)3-2-4/h2,4,6H,3,5H2,1H3. The van der Waals surface area contributed by atoms with E-state index < -0.39 is 0 Å². The van der Waals surface area contributed by atoms with Crippen molar-refractivity contribution in [3.63, 3.8) is 0 Å². The van der Waals surface area contributed by atoms with Crippen molar-refractivity contribution in [3.05, 3.63) is 0 Å². The zero-order valence-corrected chi connectivity index (χ0v) is 4.31. The summed E-state index contributed by atoms with van der Waals surface area (Å²) >= 11 is 0. The van der Waals surface area contributed by atoms with Gasteiger partial charge in [0.05, 0.1) is 0 Å². The van der Waals surface area contributed by atoms with Crippen LogP contribution in [0.5, 0.6) is 0 Å². The van der Waals surface area contributed by atoms with Crippen LogP contribution in [-0.2, 0) is 0 Å². The number of rotatable bonds is 3. The predicted octanol–water partition coefficient (Wildman–Crippen LogP) is -1.05. The third-order valence-corrected chi connectivity index (χ3v) is 0.586. The van der Waals surface area contributed by atoms with Gasteiger partial charge in [-0.2, -0.15) is 5.53 Å². The summed E-state index contributed by atoms with van der Waals surface area (Å²) in [6.07, 6.45) is 1.26. The molecule has 0 aliphatic rings. The molecule has 0 heterocycles. The first-order valence-electron chi connectivity index (χ1n) is 1.97. The lowest BCUT2D eigenvalue weighted by molar-refractivity contribution is 0.275. The lowest BCUT2D eigenvalue weighted by atomic mass is 10.7. The lowest BCUT2D eigenvalue weighted by Crippen LogP contribution is -2.40. The van der Waals surface area contributed by atoms with Gasteiger partial charge in [-0.15, -0.1) is 0 Å². The molecule has 0 spiro atoms. The summed E-state index contributed by atoms with van der Waals surface area (Å²) in [7, 11) is 1.76. The van der Waals surface area contributed by atoms with Crippen LogP contribution in [0.15, 0.2) is 0 Å². The van der Waals surface area contributed by atoms with E-state index >= 15 is 0 Å². The van der Waals surface area contributed by atoms with E-state index in [0.717, 1.165) is 0 Å². The summed E-state index contributed by atoms with van der Waals surface area (Å²) in [4.78, 5) is 0. The molecule has 0 saturated heterocycles. The first kappa shape index (κ1) is 6.55. The van der Waals surface area contributed by atoms with E-state index in [-0.39, 0.29) is 0 Å². The zero-order chi connectivity index (χ0) is 5.70. The highest BCUT2D eigenvalue weighted by molar-refractivity contribution is 5.55. The predicted molar refractivity (Wildman–Crippen MR) is 28.7 cm³/mol. The summed E-state index contributed by atoms with van der Waals surface area (Å²) in [5, 5.41) is 8.16. The minimum absolute atomic E-state index is 0.538. The molecule has 0 fully saturated rings. The fourth-order valence-corrected chi connectivity index (χ4v) is 0.190. The molecule has 42 valence electrons. The molecule has 0 aliphatic carbocycles. The molecule has 7 heavy (non-hydrogen) atoms. The zero-order valence-electron chi connectivity index (χ0n) is 4.31. The summed E-state index contributed by atoms with van der Waals surface area (Å²) < 4.78 is 0. The van der Waals surface area contributed by atoms with Gasteiger partial charge >= 0.3 is 0 Å². The molecular formula is C3H10N4. The Balaban J connectivity index is 2.98. The fraction of sp³-hybridized carbons (Fsp3) is 0.667. The Hall–Kier alpha value is -0.450. The molecule has 4 nitrogen and oxygen atoms in total. The van der Waals surface area contributed by atoms with Crippen LogP contribution in [0.1, 0.15) is 0 Å². The largest absolute Gasteiger partial charge is 0.312 e. The SMILES string of the molecule is CN(CC=N)NN. The van der Waals surface area contributed by atoms with Crippen molar-refractivity contribution < 1.29 is 0 Å². The first-order valence-corrected chi connectivity index (χ1v) is 1.97. The molecule has 0 aromatic carbocycles. The van der Waals surface area contributed by atoms with Gasteiger partial charge < -0.3 is 5.41 Å². The maximum atomic E-state index is 6.57. The van der Waals surface area contributed by atoms with Crippen LogP contribution in [0.3, 0.4) is 0 Å². The number of nitrogens with zero attached hydrogens (tertiary/aromatic N) is 1. The van der Waals surface area contributed by atoms with E-state index in [1.807, 2.05) is 0 Å². The van der Waals surface area contributed by atoms with Crippen LogP contribution in [-0.4, -0.2) is 24.8 Å². The third-order valence-electron chi connectivity index (χ3n) is 0.586. The van der Waals surface area contributed by atoms with Crippen LogP contribution in [0.2, 0.25) is 0 Å². The van der Waals surface area contributed by atoms with Crippen LogP contribution < -0.4 is 11.4 Å². The summed E-state index contributed by atoms with van der Waals surface area (Å²) in [5.74, 6) is 4.93. The second-order valence-electron chi connectivity index (χ2n) is 1.21. The summed E-state index contributed by atoms with van der Waals surface area (Å²) in [5.41, 5.74) is 2.35. The molecule has 0 atom stereocenters. The fourth-order valence-electron chi connectivity index (χ4n) is 0.190. The van der Waals surface area contributed by atoms with Crippen molar-refractivity contribution in [2.45, 2.75) is 0 Å².